The first kappa shape index (κ1) is 23.1. The molecule has 1 saturated heterocycles. The predicted octanol–water partition coefficient (Wildman–Crippen LogP) is 3.34. The average Bonchev–Trinajstić information content (AvgIpc) is 2.86. The van der Waals surface area contributed by atoms with Gasteiger partial charge in [0.05, 0.1) is 47.7 Å². The van der Waals surface area contributed by atoms with E-state index in [2.05, 4.69) is 40.8 Å². The SMILES string of the molecule is CC(c1ncccn1)N(Cc1ccc(OC2COC2)cn1)C(=O)c1cnc2nc(N)c(Br)cc2c1. The van der Waals surface area contributed by atoms with Crippen LogP contribution in [0.25, 0.3) is 11.0 Å². The highest BCUT2D eigenvalue weighted by Gasteiger charge is 2.26. The van der Waals surface area contributed by atoms with Gasteiger partial charge in [-0.1, -0.05) is 0 Å². The average molecular weight is 536 g/mol. The molecule has 0 spiro atoms. The molecule has 5 rings (SSSR count). The molecule has 11 heteroatoms. The van der Waals surface area contributed by atoms with Crippen LogP contribution in [0.1, 0.15) is 34.8 Å². The zero-order valence-corrected chi connectivity index (χ0v) is 20.4. The van der Waals surface area contributed by atoms with Crippen molar-refractivity contribution >= 4 is 38.7 Å². The summed E-state index contributed by atoms with van der Waals surface area (Å²) < 4.78 is 11.6. The largest absolute Gasteiger partial charge is 0.484 e. The van der Waals surface area contributed by atoms with Crippen LogP contribution in [0.15, 0.2) is 59.6 Å². The second-order valence-corrected chi connectivity index (χ2v) is 8.96. The molecule has 4 aromatic rings. The van der Waals surface area contributed by atoms with Crippen LogP contribution in [-0.4, -0.2) is 55.0 Å². The van der Waals surface area contributed by atoms with E-state index in [4.69, 9.17) is 15.2 Å². The number of aromatic nitrogens is 5. The highest BCUT2D eigenvalue weighted by molar-refractivity contribution is 9.10. The second-order valence-electron chi connectivity index (χ2n) is 8.10. The summed E-state index contributed by atoms with van der Waals surface area (Å²) in [5, 5.41) is 0.695. The minimum absolute atomic E-state index is 0.0567. The molecule has 0 saturated carbocycles. The number of nitrogens with zero attached hydrogens (tertiary/aromatic N) is 6. The molecular weight excluding hydrogens is 514 g/mol. The van der Waals surface area contributed by atoms with Crippen LogP contribution < -0.4 is 10.5 Å². The second kappa shape index (κ2) is 9.88. The Morgan fingerprint density at radius 1 is 1.20 bits per heavy atom. The molecule has 1 unspecified atom stereocenters. The van der Waals surface area contributed by atoms with Gasteiger partial charge in [-0.3, -0.25) is 9.78 Å². The maximum Gasteiger partial charge on any atom is 0.256 e. The fourth-order valence-electron chi connectivity index (χ4n) is 3.61. The van der Waals surface area contributed by atoms with Crippen LogP contribution in [-0.2, 0) is 11.3 Å². The van der Waals surface area contributed by atoms with E-state index in [0.29, 0.717) is 57.4 Å². The van der Waals surface area contributed by atoms with E-state index < -0.39 is 6.04 Å². The molecule has 1 aliphatic rings. The lowest BCUT2D eigenvalue weighted by Crippen LogP contribution is -2.38. The molecule has 0 radical (unpaired) electrons. The van der Waals surface area contributed by atoms with Gasteiger partial charge in [-0.25, -0.2) is 19.9 Å². The Labute approximate surface area is 209 Å². The molecule has 178 valence electrons. The molecule has 1 atom stereocenters. The summed E-state index contributed by atoms with van der Waals surface area (Å²) in [4.78, 5) is 37.2. The number of fused-ring (bicyclic) bond motifs is 1. The van der Waals surface area contributed by atoms with Gasteiger partial charge in [-0.2, -0.15) is 0 Å². The van der Waals surface area contributed by atoms with Crippen molar-refractivity contribution in [1.29, 1.82) is 0 Å². The summed E-state index contributed by atoms with van der Waals surface area (Å²) in [6, 6.07) is 8.55. The van der Waals surface area contributed by atoms with Crippen LogP contribution in [0, 0.1) is 0 Å². The summed E-state index contributed by atoms with van der Waals surface area (Å²) in [5.74, 6) is 1.29. The van der Waals surface area contributed by atoms with E-state index in [9.17, 15) is 4.79 Å². The lowest BCUT2D eigenvalue weighted by Gasteiger charge is -2.28. The van der Waals surface area contributed by atoms with Crippen LogP contribution in [0.5, 0.6) is 5.75 Å². The van der Waals surface area contributed by atoms with E-state index in [1.165, 1.54) is 6.20 Å². The number of halogens is 1. The first-order chi connectivity index (χ1) is 17.0. The van der Waals surface area contributed by atoms with Gasteiger partial charge in [-0.05, 0) is 53.2 Å². The van der Waals surface area contributed by atoms with E-state index in [-0.39, 0.29) is 18.6 Å². The van der Waals surface area contributed by atoms with Crippen molar-refractivity contribution in [2.24, 2.45) is 0 Å². The van der Waals surface area contributed by atoms with Crippen LogP contribution in [0.4, 0.5) is 5.82 Å². The van der Waals surface area contributed by atoms with Crippen molar-refractivity contribution in [2.45, 2.75) is 25.6 Å². The Hall–Kier alpha value is -3.70. The van der Waals surface area contributed by atoms with Crippen LogP contribution >= 0.6 is 15.9 Å². The summed E-state index contributed by atoms with van der Waals surface area (Å²) in [5.41, 5.74) is 7.43. The van der Waals surface area contributed by atoms with Crippen molar-refractivity contribution in [3.63, 3.8) is 0 Å². The van der Waals surface area contributed by atoms with Gasteiger partial charge < -0.3 is 20.1 Å². The van der Waals surface area contributed by atoms with Crippen LogP contribution in [0.2, 0.25) is 0 Å². The molecule has 10 nitrogen and oxygen atoms in total. The number of anilines is 1. The number of rotatable bonds is 7. The Morgan fingerprint density at radius 3 is 2.69 bits per heavy atom. The van der Waals surface area contributed by atoms with Gasteiger partial charge in [0.25, 0.3) is 5.91 Å². The molecule has 1 aliphatic heterocycles. The molecular formula is C24H22BrN7O3. The molecule has 0 bridgehead atoms. The highest BCUT2D eigenvalue weighted by atomic mass is 79.9. The maximum atomic E-state index is 13.7. The van der Waals surface area contributed by atoms with Gasteiger partial charge in [0, 0.05) is 24.0 Å². The van der Waals surface area contributed by atoms with E-state index in [1.807, 2.05) is 19.1 Å². The first-order valence-corrected chi connectivity index (χ1v) is 11.8. The lowest BCUT2D eigenvalue weighted by molar-refractivity contribution is -0.0798. The van der Waals surface area contributed by atoms with Gasteiger partial charge >= 0.3 is 0 Å². The van der Waals surface area contributed by atoms with Crippen molar-refractivity contribution in [3.8, 4) is 5.75 Å². The number of nitrogen functional groups attached to an aromatic ring is 1. The highest BCUT2D eigenvalue weighted by Crippen LogP contribution is 2.26. The Kier molecular flexibility index (Phi) is 6.51. The fourth-order valence-corrected chi connectivity index (χ4v) is 3.94. The third-order valence-corrected chi connectivity index (χ3v) is 6.26. The van der Waals surface area contributed by atoms with Crippen molar-refractivity contribution in [1.82, 2.24) is 29.8 Å². The number of hydrogen-bond donors (Lipinski definition) is 1. The summed E-state index contributed by atoms with van der Waals surface area (Å²) >= 11 is 3.38. The van der Waals surface area contributed by atoms with E-state index in [1.54, 1.807) is 41.7 Å². The number of carbonyl (C=O) groups is 1. The third-order valence-electron chi connectivity index (χ3n) is 5.62. The monoisotopic (exact) mass is 535 g/mol. The van der Waals surface area contributed by atoms with Crippen molar-refractivity contribution < 1.29 is 14.3 Å². The Morgan fingerprint density at radius 2 is 2.00 bits per heavy atom. The van der Waals surface area contributed by atoms with Gasteiger partial charge in [0.15, 0.2) is 5.65 Å². The van der Waals surface area contributed by atoms with E-state index in [0.717, 1.165) is 0 Å². The standard InChI is InChI=1S/C24H22BrN7O3/c1-14(22-27-5-2-6-28-22)32(11-17-3-4-18(10-29-17)35-19-12-34-13-19)24(33)16-7-15-8-20(25)21(26)31-23(15)30-9-16/h2-10,14,19H,11-13H2,1H3,(H2,26,30,31). The van der Waals surface area contributed by atoms with Gasteiger partial charge in [0.2, 0.25) is 0 Å². The number of carbonyl (C=O) groups excluding carboxylic acids is 1. The van der Waals surface area contributed by atoms with Crippen molar-refractivity contribution in [2.75, 3.05) is 18.9 Å². The number of ether oxygens (including phenoxy) is 2. The molecule has 5 heterocycles. The quantitative estimate of drug-likeness (QED) is 0.378. The van der Waals surface area contributed by atoms with Gasteiger partial charge in [0.1, 0.15) is 23.5 Å². The molecule has 0 aromatic carbocycles. The Bertz CT molecular complexity index is 1350. The number of pyridine rings is 3. The minimum Gasteiger partial charge on any atom is -0.484 e. The van der Waals surface area contributed by atoms with Gasteiger partial charge in [-0.15, -0.1) is 0 Å². The van der Waals surface area contributed by atoms with E-state index >= 15 is 0 Å². The van der Waals surface area contributed by atoms with Crippen LogP contribution in [0.3, 0.4) is 0 Å². The lowest BCUT2D eigenvalue weighted by atomic mass is 10.1. The molecule has 4 aromatic heterocycles. The summed E-state index contributed by atoms with van der Waals surface area (Å²) in [6.45, 7) is 3.29. The molecule has 0 aliphatic carbocycles. The minimum atomic E-state index is -0.416. The molecule has 1 amide bonds. The fraction of sp³-hybridized carbons (Fsp3) is 0.250. The molecule has 35 heavy (non-hydrogen) atoms. The zero-order chi connectivity index (χ0) is 24.4. The molecule has 2 N–H and O–H groups in total. The molecule has 1 fully saturated rings. The zero-order valence-electron chi connectivity index (χ0n) is 18.8. The summed E-state index contributed by atoms with van der Waals surface area (Å²) in [7, 11) is 0. The number of hydrogen-bond acceptors (Lipinski definition) is 9. The number of nitrogens with two attached hydrogens (primary N) is 1. The normalized spacial score (nSPS) is 14.3. The first-order valence-electron chi connectivity index (χ1n) is 11.0. The summed E-state index contributed by atoms with van der Waals surface area (Å²) in [6.07, 6.45) is 6.52. The maximum absolute atomic E-state index is 13.7. The van der Waals surface area contributed by atoms with Crippen molar-refractivity contribution in [3.05, 3.63) is 76.7 Å². The smallest absolute Gasteiger partial charge is 0.256 e. The Balaban J connectivity index is 1.44. The topological polar surface area (TPSA) is 129 Å². The third kappa shape index (κ3) is 5.05. The number of amides is 1. The predicted molar refractivity (Wildman–Crippen MR) is 131 cm³/mol.